The van der Waals surface area contributed by atoms with Crippen molar-refractivity contribution in [1.82, 2.24) is 15.2 Å². The van der Waals surface area contributed by atoms with Gasteiger partial charge >= 0.3 is 0 Å². The quantitative estimate of drug-likeness (QED) is 0.827. The lowest BCUT2D eigenvalue weighted by Crippen LogP contribution is -2.34. The van der Waals surface area contributed by atoms with Crippen molar-refractivity contribution in [3.05, 3.63) is 29.6 Å². The van der Waals surface area contributed by atoms with E-state index in [1.54, 1.807) is 0 Å². The Balaban J connectivity index is 1.71. The smallest absolute Gasteiger partial charge is 0.0600 e. The molecule has 1 aromatic rings. The maximum absolute atomic E-state index is 5.97. The van der Waals surface area contributed by atoms with Crippen LogP contribution in [-0.4, -0.2) is 48.8 Å². The molecule has 0 saturated carbocycles. The number of aromatic nitrogens is 1. The number of piperidine rings is 1. The van der Waals surface area contributed by atoms with E-state index in [4.69, 9.17) is 4.74 Å². The molecule has 0 aromatic carbocycles. The number of aryl methyl sites for hydroxylation is 1. The van der Waals surface area contributed by atoms with Gasteiger partial charge < -0.3 is 10.1 Å². The van der Waals surface area contributed by atoms with Gasteiger partial charge in [-0.3, -0.25) is 9.88 Å². The summed E-state index contributed by atoms with van der Waals surface area (Å²) in [5.74, 6) is 0. The number of likely N-dealkylation sites (N-methyl/N-ethyl adjacent to an activating group) is 1. The van der Waals surface area contributed by atoms with Gasteiger partial charge in [-0.1, -0.05) is 13.0 Å². The standard InChI is InChI=1S/C16H27N3O/c1-3-19(13-15-6-4-5-14(2)18-15)11-12-20-16-7-9-17-10-8-16/h4-6,16-17H,3,7-13H2,1-2H3. The highest BCUT2D eigenvalue weighted by atomic mass is 16.5. The summed E-state index contributed by atoms with van der Waals surface area (Å²) >= 11 is 0. The van der Waals surface area contributed by atoms with E-state index in [2.05, 4.69) is 34.3 Å². The maximum atomic E-state index is 5.97. The Kier molecular flexibility index (Phi) is 6.43. The van der Waals surface area contributed by atoms with Gasteiger partial charge in [0.05, 0.1) is 18.4 Å². The SMILES string of the molecule is CCN(CCOC1CCNCC1)Cc1cccc(C)n1. The third-order valence-electron chi connectivity index (χ3n) is 3.83. The van der Waals surface area contributed by atoms with Crippen molar-refractivity contribution in [3.8, 4) is 0 Å². The lowest BCUT2D eigenvalue weighted by molar-refractivity contribution is 0.0196. The molecule has 4 nitrogen and oxygen atoms in total. The molecule has 0 radical (unpaired) electrons. The number of nitrogens with zero attached hydrogens (tertiary/aromatic N) is 2. The van der Waals surface area contributed by atoms with Crippen LogP contribution in [0.1, 0.15) is 31.2 Å². The average molecular weight is 277 g/mol. The fourth-order valence-electron chi connectivity index (χ4n) is 2.58. The largest absolute Gasteiger partial charge is 0.377 e. The molecule has 1 aromatic heterocycles. The van der Waals surface area contributed by atoms with Gasteiger partial charge in [0.25, 0.3) is 0 Å². The predicted octanol–water partition coefficient (Wildman–Crippen LogP) is 1.98. The van der Waals surface area contributed by atoms with Crippen LogP contribution in [0.2, 0.25) is 0 Å². The minimum Gasteiger partial charge on any atom is -0.377 e. The molecule has 1 fully saturated rings. The van der Waals surface area contributed by atoms with Crippen LogP contribution in [0.5, 0.6) is 0 Å². The minimum absolute atomic E-state index is 0.451. The molecule has 2 heterocycles. The van der Waals surface area contributed by atoms with Gasteiger partial charge in [0, 0.05) is 18.8 Å². The fraction of sp³-hybridized carbons (Fsp3) is 0.688. The Labute approximate surface area is 122 Å². The molecule has 4 heteroatoms. The van der Waals surface area contributed by atoms with Crippen molar-refractivity contribution in [2.24, 2.45) is 0 Å². The number of hydrogen-bond donors (Lipinski definition) is 1. The summed E-state index contributed by atoms with van der Waals surface area (Å²) in [6.45, 7) is 10.2. The summed E-state index contributed by atoms with van der Waals surface area (Å²) in [7, 11) is 0. The monoisotopic (exact) mass is 277 g/mol. The fourth-order valence-corrected chi connectivity index (χ4v) is 2.58. The van der Waals surface area contributed by atoms with Crippen LogP contribution in [0.4, 0.5) is 0 Å². The molecule has 0 spiro atoms. The van der Waals surface area contributed by atoms with Gasteiger partial charge in [-0.2, -0.15) is 0 Å². The van der Waals surface area contributed by atoms with Crippen LogP contribution in [0.25, 0.3) is 0 Å². The molecule has 1 aliphatic heterocycles. The van der Waals surface area contributed by atoms with Crippen LogP contribution < -0.4 is 5.32 Å². The van der Waals surface area contributed by atoms with Gasteiger partial charge in [-0.25, -0.2) is 0 Å². The molecule has 0 bridgehead atoms. The molecule has 1 saturated heterocycles. The predicted molar refractivity (Wildman–Crippen MR) is 81.8 cm³/mol. The topological polar surface area (TPSA) is 37.4 Å². The molecule has 20 heavy (non-hydrogen) atoms. The zero-order valence-corrected chi connectivity index (χ0v) is 12.8. The van der Waals surface area contributed by atoms with Crippen molar-refractivity contribution in [1.29, 1.82) is 0 Å². The first-order valence-corrected chi connectivity index (χ1v) is 7.75. The van der Waals surface area contributed by atoms with Crippen LogP contribution in [0.15, 0.2) is 18.2 Å². The summed E-state index contributed by atoms with van der Waals surface area (Å²) in [5, 5.41) is 3.36. The van der Waals surface area contributed by atoms with E-state index < -0.39 is 0 Å². The Bertz CT molecular complexity index is 391. The molecular weight excluding hydrogens is 250 g/mol. The molecule has 2 rings (SSSR count). The zero-order valence-electron chi connectivity index (χ0n) is 12.8. The van der Waals surface area contributed by atoms with Crippen LogP contribution >= 0.6 is 0 Å². The lowest BCUT2D eigenvalue weighted by atomic mass is 10.1. The summed E-state index contributed by atoms with van der Waals surface area (Å²) in [5.41, 5.74) is 2.23. The minimum atomic E-state index is 0.451. The second-order valence-corrected chi connectivity index (χ2v) is 5.46. The Morgan fingerprint density at radius 2 is 2.15 bits per heavy atom. The van der Waals surface area contributed by atoms with Gasteiger partial charge in [0.1, 0.15) is 0 Å². The molecule has 0 amide bonds. The summed E-state index contributed by atoms with van der Waals surface area (Å²) in [6, 6.07) is 6.22. The van der Waals surface area contributed by atoms with Crippen molar-refractivity contribution in [2.75, 3.05) is 32.8 Å². The molecule has 0 aliphatic carbocycles. The number of pyridine rings is 1. The van der Waals surface area contributed by atoms with E-state index >= 15 is 0 Å². The average Bonchev–Trinajstić information content (AvgIpc) is 2.47. The van der Waals surface area contributed by atoms with Crippen LogP contribution in [0.3, 0.4) is 0 Å². The summed E-state index contributed by atoms with van der Waals surface area (Å²) < 4.78 is 5.97. The highest BCUT2D eigenvalue weighted by molar-refractivity contribution is 5.09. The van der Waals surface area contributed by atoms with Crippen LogP contribution in [-0.2, 0) is 11.3 Å². The number of nitrogens with one attached hydrogen (secondary N) is 1. The van der Waals surface area contributed by atoms with E-state index in [1.807, 2.05) is 13.0 Å². The van der Waals surface area contributed by atoms with E-state index in [0.717, 1.165) is 63.6 Å². The summed E-state index contributed by atoms with van der Waals surface area (Å²) in [6.07, 6.45) is 2.74. The van der Waals surface area contributed by atoms with Crippen molar-refractivity contribution < 1.29 is 4.74 Å². The zero-order chi connectivity index (χ0) is 14.2. The first-order chi connectivity index (χ1) is 9.78. The Morgan fingerprint density at radius 1 is 1.35 bits per heavy atom. The first kappa shape index (κ1) is 15.4. The molecule has 0 atom stereocenters. The lowest BCUT2D eigenvalue weighted by Gasteiger charge is -2.25. The van der Waals surface area contributed by atoms with E-state index in [9.17, 15) is 0 Å². The summed E-state index contributed by atoms with van der Waals surface area (Å²) in [4.78, 5) is 6.96. The van der Waals surface area contributed by atoms with Crippen molar-refractivity contribution in [3.63, 3.8) is 0 Å². The van der Waals surface area contributed by atoms with Gasteiger partial charge in [-0.15, -0.1) is 0 Å². The highest BCUT2D eigenvalue weighted by Gasteiger charge is 2.13. The number of ether oxygens (including phenoxy) is 1. The van der Waals surface area contributed by atoms with Crippen LogP contribution in [0, 0.1) is 6.92 Å². The Morgan fingerprint density at radius 3 is 2.85 bits per heavy atom. The van der Waals surface area contributed by atoms with E-state index in [1.165, 1.54) is 0 Å². The third-order valence-corrected chi connectivity index (χ3v) is 3.83. The number of hydrogen-bond acceptors (Lipinski definition) is 4. The second kappa shape index (κ2) is 8.35. The molecule has 112 valence electrons. The second-order valence-electron chi connectivity index (χ2n) is 5.46. The molecule has 1 aliphatic rings. The highest BCUT2D eigenvalue weighted by Crippen LogP contribution is 2.08. The van der Waals surface area contributed by atoms with Gasteiger partial charge in [0.15, 0.2) is 0 Å². The first-order valence-electron chi connectivity index (χ1n) is 7.75. The van der Waals surface area contributed by atoms with E-state index in [-0.39, 0.29) is 0 Å². The van der Waals surface area contributed by atoms with Gasteiger partial charge in [-0.05, 0) is 51.5 Å². The van der Waals surface area contributed by atoms with Crippen molar-refractivity contribution in [2.45, 2.75) is 39.3 Å². The number of rotatable bonds is 7. The molecule has 0 unspecified atom stereocenters. The van der Waals surface area contributed by atoms with Gasteiger partial charge in [0.2, 0.25) is 0 Å². The van der Waals surface area contributed by atoms with E-state index in [0.29, 0.717) is 6.10 Å². The molecular formula is C16H27N3O. The molecule has 1 N–H and O–H groups in total. The third kappa shape index (κ3) is 5.19. The Hall–Kier alpha value is -0.970. The maximum Gasteiger partial charge on any atom is 0.0600 e. The van der Waals surface area contributed by atoms with Crippen molar-refractivity contribution >= 4 is 0 Å². The normalized spacial score (nSPS) is 16.8.